The van der Waals surface area contributed by atoms with Crippen LogP contribution in [-0.2, 0) is 10.5 Å². The van der Waals surface area contributed by atoms with E-state index in [-0.39, 0.29) is 5.17 Å². The van der Waals surface area contributed by atoms with Gasteiger partial charge in [-0.3, -0.25) is 5.41 Å². The van der Waals surface area contributed by atoms with Gasteiger partial charge >= 0.3 is 10.5 Å². The molecule has 0 aliphatic heterocycles. The maximum absolute atomic E-state index is 9.65. The average Bonchev–Trinajstić information content (AvgIpc) is 1.65. The zero-order valence-corrected chi connectivity index (χ0v) is 5.71. The number of thioether (sulfide) groups is 1. The summed E-state index contributed by atoms with van der Waals surface area (Å²) in [6.07, 6.45) is 1.58. The number of nitrogens with one attached hydrogen (secondary N) is 1. The monoisotopic (exact) mass is 152 g/mol. The summed E-state index contributed by atoms with van der Waals surface area (Å²) in [5.41, 5.74) is 0. The highest BCUT2D eigenvalue weighted by Gasteiger charge is 1.84. The standard InChI is InChI=1S/C2H4N2O2S2/c1-7-2(3)4-8(5)6/h3H,1H3. The van der Waals surface area contributed by atoms with Gasteiger partial charge in [0.1, 0.15) is 0 Å². The van der Waals surface area contributed by atoms with Gasteiger partial charge in [0, 0.05) is 0 Å². The van der Waals surface area contributed by atoms with Crippen LogP contribution in [-0.4, -0.2) is 19.8 Å². The summed E-state index contributed by atoms with van der Waals surface area (Å²) in [4.78, 5) is 0. The molecule has 8 heavy (non-hydrogen) atoms. The molecule has 0 heterocycles. The zero-order chi connectivity index (χ0) is 6.57. The Hall–Kier alpha value is -0.360. The molecule has 0 radical (unpaired) electrons. The van der Waals surface area contributed by atoms with Gasteiger partial charge in [-0.2, -0.15) is 8.42 Å². The fourth-order valence-electron chi connectivity index (χ4n) is 0.105. The van der Waals surface area contributed by atoms with Crippen LogP contribution in [0.1, 0.15) is 0 Å². The normalized spacial score (nSPS) is 8.12. The van der Waals surface area contributed by atoms with Crippen molar-refractivity contribution in [3.63, 3.8) is 0 Å². The quantitative estimate of drug-likeness (QED) is 0.402. The molecule has 1 N–H and O–H groups in total. The predicted octanol–water partition coefficient (Wildman–Crippen LogP) is 0.347. The third kappa shape index (κ3) is 3.82. The third-order valence-corrected chi connectivity index (χ3v) is 1.28. The minimum atomic E-state index is -2.47. The topological polar surface area (TPSA) is 70.3 Å². The molecule has 0 saturated carbocycles. The molecule has 0 bridgehead atoms. The van der Waals surface area contributed by atoms with Gasteiger partial charge < -0.3 is 0 Å². The van der Waals surface area contributed by atoms with Gasteiger partial charge in [-0.15, -0.1) is 4.36 Å². The maximum Gasteiger partial charge on any atom is 0.318 e. The molecular weight excluding hydrogens is 148 g/mol. The van der Waals surface area contributed by atoms with E-state index in [4.69, 9.17) is 5.41 Å². The van der Waals surface area contributed by atoms with Crippen molar-refractivity contribution in [2.24, 2.45) is 4.36 Å². The molecule has 0 aromatic carbocycles. The first kappa shape index (κ1) is 7.64. The summed E-state index contributed by atoms with van der Waals surface area (Å²) >= 11 is 0.977. The molecule has 0 fully saturated rings. The highest BCUT2D eigenvalue weighted by Crippen LogP contribution is 1.93. The van der Waals surface area contributed by atoms with Gasteiger partial charge in [-0.1, -0.05) is 11.8 Å². The van der Waals surface area contributed by atoms with Crippen molar-refractivity contribution in [3.8, 4) is 0 Å². The third-order valence-electron chi connectivity index (χ3n) is 0.351. The Balaban J connectivity index is 4.12. The second kappa shape index (κ2) is 3.62. The number of nitrogens with zero attached hydrogens (tertiary/aromatic N) is 1. The van der Waals surface area contributed by atoms with Gasteiger partial charge in [-0.25, -0.2) is 0 Å². The van der Waals surface area contributed by atoms with Gasteiger partial charge in [0.05, 0.1) is 0 Å². The molecule has 0 amide bonds. The highest BCUT2D eigenvalue weighted by molar-refractivity contribution is 8.13. The van der Waals surface area contributed by atoms with Gasteiger partial charge in [-0.05, 0) is 6.26 Å². The van der Waals surface area contributed by atoms with Gasteiger partial charge in [0.2, 0.25) is 0 Å². The van der Waals surface area contributed by atoms with Crippen LogP contribution in [0.2, 0.25) is 0 Å². The van der Waals surface area contributed by atoms with Crippen molar-refractivity contribution in [1.82, 2.24) is 0 Å². The lowest BCUT2D eigenvalue weighted by atomic mass is 11.4. The van der Waals surface area contributed by atoms with E-state index >= 15 is 0 Å². The molecule has 0 saturated heterocycles. The Labute approximate surface area is 52.5 Å². The zero-order valence-electron chi connectivity index (χ0n) is 4.08. The van der Waals surface area contributed by atoms with Crippen molar-refractivity contribution in [2.45, 2.75) is 0 Å². The first-order valence-electron chi connectivity index (χ1n) is 1.60. The molecule has 6 heteroatoms. The summed E-state index contributed by atoms with van der Waals surface area (Å²) in [5, 5.41) is 6.48. The number of hydrogen-bond donors (Lipinski definition) is 1. The first-order valence-corrected chi connectivity index (χ1v) is 3.86. The fourth-order valence-corrected chi connectivity index (χ4v) is 0.721. The molecule has 0 rings (SSSR count). The molecule has 0 unspecified atom stereocenters. The van der Waals surface area contributed by atoms with Crippen LogP contribution in [0.4, 0.5) is 0 Å². The molecule has 46 valence electrons. The summed E-state index contributed by atoms with van der Waals surface area (Å²) < 4.78 is 22.2. The van der Waals surface area contributed by atoms with Crippen LogP contribution in [0.25, 0.3) is 0 Å². The maximum atomic E-state index is 9.65. The number of amidine groups is 1. The predicted molar refractivity (Wildman–Crippen MR) is 32.6 cm³/mol. The van der Waals surface area contributed by atoms with Crippen LogP contribution in [0.3, 0.4) is 0 Å². The highest BCUT2D eigenvalue weighted by atomic mass is 32.2. The van der Waals surface area contributed by atoms with E-state index in [1.165, 1.54) is 0 Å². The van der Waals surface area contributed by atoms with Crippen molar-refractivity contribution >= 4 is 27.4 Å². The molecule has 0 aromatic heterocycles. The Bertz CT molecular complexity index is 196. The SMILES string of the molecule is CSC(=N)N=S(=O)=O. The molecular formula is C2H4N2O2S2. The van der Waals surface area contributed by atoms with Crippen molar-refractivity contribution in [3.05, 3.63) is 0 Å². The minimum Gasteiger partial charge on any atom is -0.276 e. The van der Waals surface area contributed by atoms with Crippen LogP contribution in [0.5, 0.6) is 0 Å². The molecule has 0 aliphatic carbocycles. The molecule has 4 nitrogen and oxygen atoms in total. The van der Waals surface area contributed by atoms with Crippen LogP contribution >= 0.6 is 11.8 Å². The van der Waals surface area contributed by atoms with Crippen LogP contribution < -0.4 is 0 Å². The lowest BCUT2D eigenvalue weighted by Gasteiger charge is -1.78. The van der Waals surface area contributed by atoms with Crippen LogP contribution in [0, 0.1) is 5.41 Å². The Morgan fingerprint density at radius 2 is 2.25 bits per heavy atom. The van der Waals surface area contributed by atoms with Crippen LogP contribution in [0.15, 0.2) is 4.36 Å². The van der Waals surface area contributed by atoms with E-state index < -0.39 is 10.5 Å². The van der Waals surface area contributed by atoms with E-state index in [9.17, 15) is 8.42 Å². The molecule has 0 atom stereocenters. The van der Waals surface area contributed by atoms with Crippen molar-refractivity contribution in [2.75, 3.05) is 6.26 Å². The van der Waals surface area contributed by atoms with E-state index in [2.05, 4.69) is 4.36 Å². The van der Waals surface area contributed by atoms with Gasteiger partial charge in [0.15, 0.2) is 5.17 Å². The lowest BCUT2D eigenvalue weighted by Crippen LogP contribution is -1.77. The fraction of sp³-hybridized carbons (Fsp3) is 0.500. The van der Waals surface area contributed by atoms with Gasteiger partial charge in [0.25, 0.3) is 0 Å². The first-order chi connectivity index (χ1) is 3.66. The average molecular weight is 152 g/mol. The number of hydrogen-bond acceptors (Lipinski definition) is 4. The second-order valence-electron chi connectivity index (χ2n) is 0.818. The minimum absolute atomic E-state index is 0.196. The molecule has 0 aromatic rings. The van der Waals surface area contributed by atoms with E-state index in [1.54, 1.807) is 6.26 Å². The Morgan fingerprint density at radius 1 is 1.75 bits per heavy atom. The smallest absolute Gasteiger partial charge is 0.276 e. The Morgan fingerprint density at radius 3 is 2.38 bits per heavy atom. The Kier molecular flexibility index (Phi) is 3.46. The summed E-state index contributed by atoms with van der Waals surface area (Å²) in [6.45, 7) is 0. The van der Waals surface area contributed by atoms with E-state index in [0.29, 0.717) is 0 Å². The largest absolute Gasteiger partial charge is 0.318 e. The van der Waals surface area contributed by atoms with E-state index in [1.807, 2.05) is 0 Å². The van der Waals surface area contributed by atoms with Crippen molar-refractivity contribution < 1.29 is 8.42 Å². The summed E-state index contributed by atoms with van der Waals surface area (Å²) in [6, 6.07) is 0. The summed E-state index contributed by atoms with van der Waals surface area (Å²) in [7, 11) is -2.47. The molecule has 0 spiro atoms. The lowest BCUT2D eigenvalue weighted by molar-refractivity contribution is 0.623. The summed E-state index contributed by atoms with van der Waals surface area (Å²) in [5.74, 6) is 0. The second-order valence-corrected chi connectivity index (χ2v) is 2.23. The van der Waals surface area contributed by atoms with E-state index in [0.717, 1.165) is 11.8 Å². The molecule has 0 aliphatic rings. The van der Waals surface area contributed by atoms with Crippen molar-refractivity contribution in [1.29, 1.82) is 5.41 Å². The number of rotatable bonds is 0.